The number of rotatable bonds is 2. The third kappa shape index (κ3) is 1.75. The van der Waals surface area contributed by atoms with Crippen molar-refractivity contribution in [3.8, 4) is 5.75 Å². The molecule has 0 bridgehead atoms. The zero-order valence-corrected chi connectivity index (χ0v) is 10.8. The number of fused-ring (bicyclic) bond motifs is 2. The number of anilines is 2. The molecule has 0 saturated heterocycles. The van der Waals surface area contributed by atoms with E-state index >= 15 is 0 Å². The summed E-state index contributed by atoms with van der Waals surface area (Å²) in [5.41, 5.74) is 9.48. The number of nitrogens with zero attached hydrogens (tertiary/aromatic N) is 1. The Morgan fingerprint density at radius 3 is 3.10 bits per heavy atom. The topological polar surface area (TPSA) is 76.0 Å². The van der Waals surface area contributed by atoms with Crippen molar-refractivity contribution in [1.82, 2.24) is 9.97 Å². The molecule has 4 rings (SSSR count). The minimum Gasteiger partial charge on any atom is -0.491 e. The van der Waals surface area contributed by atoms with Crippen molar-refractivity contribution >= 4 is 22.7 Å². The highest BCUT2D eigenvalue weighted by Gasteiger charge is 2.24. The minimum atomic E-state index is 0.115. The lowest BCUT2D eigenvalue weighted by Crippen LogP contribution is -2.12. The second-order valence-corrected chi connectivity index (χ2v) is 4.91. The summed E-state index contributed by atoms with van der Waals surface area (Å²) in [5.74, 6) is 1.67. The number of benzene rings is 2. The first-order chi connectivity index (χ1) is 9.79. The van der Waals surface area contributed by atoms with Gasteiger partial charge in [-0.25, -0.2) is 4.98 Å². The lowest BCUT2D eigenvalue weighted by atomic mass is 10.1. The second-order valence-electron chi connectivity index (χ2n) is 4.91. The molecule has 0 aliphatic carbocycles. The molecular formula is C15H14N4O. The molecule has 20 heavy (non-hydrogen) atoms. The lowest BCUT2D eigenvalue weighted by Gasteiger charge is -2.09. The molecule has 2 aromatic carbocycles. The molecule has 1 aliphatic heterocycles. The molecule has 4 N–H and O–H groups in total. The van der Waals surface area contributed by atoms with Crippen molar-refractivity contribution < 1.29 is 4.74 Å². The Morgan fingerprint density at radius 1 is 1.25 bits per heavy atom. The number of H-pyrrole nitrogens is 1. The molecule has 1 aromatic heterocycles. The molecular weight excluding hydrogens is 252 g/mol. The molecule has 5 nitrogen and oxygen atoms in total. The number of para-hydroxylation sites is 1. The van der Waals surface area contributed by atoms with Crippen LogP contribution in [0.4, 0.5) is 11.6 Å². The van der Waals surface area contributed by atoms with Gasteiger partial charge in [0.1, 0.15) is 12.4 Å². The normalized spacial score (nSPS) is 16.9. The molecule has 3 aromatic rings. The van der Waals surface area contributed by atoms with Crippen LogP contribution in [0.25, 0.3) is 11.0 Å². The zero-order chi connectivity index (χ0) is 13.5. The Bertz CT molecular complexity index is 780. The van der Waals surface area contributed by atoms with E-state index < -0.39 is 0 Å². The minimum absolute atomic E-state index is 0.115. The van der Waals surface area contributed by atoms with E-state index in [1.54, 1.807) is 0 Å². The molecule has 100 valence electrons. The largest absolute Gasteiger partial charge is 0.491 e. The monoisotopic (exact) mass is 266 g/mol. The van der Waals surface area contributed by atoms with Gasteiger partial charge in [-0.05, 0) is 24.3 Å². The molecule has 1 unspecified atom stereocenters. The third-order valence-corrected chi connectivity index (χ3v) is 3.52. The maximum atomic E-state index is 5.77. The molecule has 2 heterocycles. The van der Waals surface area contributed by atoms with Gasteiger partial charge in [0.25, 0.3) is 0 Å². The van der Waals surface area contributed by atoms with Crippen LogP contribution in [0.2, 0.25) is 0 Å². The van der Waals surface area contributed by atoms with Crippen LogP contribution in [0.3, 0.4) is 0 Å². The number of aromatic nitrogens is 2. The number of hydrogen-bond donors (Lipinski definition) is 3. The van der Waals surface area contributed by atoms with Gasteiger partial charge in [0.2, 0.25) is 5.95 Å². The number of imidazole rings is 1. The molecule has 0 saturated carbocycles. The lowest BCUT2D eigenvalue weighted by molar-refractivity contribution is 0.339. The van der Waals surface area contributed by atoms with Gasteiger partial charge >= 0.3 is 0 Å². The summed E-state index contributed by atoms with van der Waals surface area (Å²) >= 11 is 0. The predicted molar refractivity (Wildman–Crippen MR) is 78.8 cm³/mol. The molecule has 5 heteroatoms. The summed E-state index contributed by atoms with van der Waals surface area (Å²) in [5, 5.41) is 3.37. The molecule has 0 spiro atoms. The summed E-state index contributed by atoms with van der Waals surface area (Å²) in [7, 11) is 0. The van der Waals surface area contributed by atoms with Crippen LogP contribution >= 0.6 is 0 Å². The Hall–Kier alpha value is -2.69. The van der Waals surface area contributed by atoms with Crippen molar-refractivity contribution in [1.29, 1.82) is 0 Å². The first kappa shape index (κ1) is 11.2. The van der Waals surface area contributed by atoms with Gasteiger partial charge in [0.15, 0.2) is 0 Å². The van der Waals surface area contributed by atoms with Crippen LogP contribution < -0.4 is 15.8 Å². The third-order valence-electron chi connectivity index (χ3n) is 3.52. The van der Waals surface area contributed by atoms with E-state index in [1.165, 1.54) is 0 Å². The Labute approximate surface area is 115 Å². The summed E-state index contributed by atoms with van der Waals surface area (Å²) in [6, 6.07) is 13.8. The maximum Gasteiger partial charge on any atom is 0.201 e. The first-order valence-electron chi connectivity index (χ1n) is 6.53. The first-order valence-corrected chi connectivity index (χ1v) is 6.53. The van der Waals surface area contributed by atoms with Crippen LogP contribution in [0.15, 0.2) is 42.5 Å². The number of ether oxygens (including phenoxy) is 1. The van der Waals surface area contributed by atoms with Crippen LogP contribution in [0.1, 0.15) is 11.6 Å². The number of nitrogen functional groups attached to an aromatic ring is 1. The predicted octanol–water partition coefficient (Wildman–Crippen LogP) is 2.69. The highest BCUT2D eigenvalue weighted by Crippen LogP contribution is 2.33. The van der Waals surface area contributed by atoms with E-state index in [-0.39, 0.29) is 6.04 Å². The molecule has 0 amide bonds. The van der Waals surface area contributed by atoms with Gasteiger partial charge in [-0.3, -0.25) is 0 Å². The van der Waals surface area contributed by atoms with Crippen LogP contribution in [0.5, 0.6) is 5.75 Å². The molecule has 1 aliphatic rings. The van der Waals surface area contributed by atoms with E-state index in [4.69, 9.17) is 10.5 Å². The summed E-state index contributed by atoms with van der Waals surface area (Å²) < 4.78 is 5.65. The van der Waals surface area contributed by atoms with Crippen LogP contribution in [-0.2, 0) is 0 Å². The average molecular weight is 266 g/mol. The van der Waals surface area contributed by atoms with Crippen molar-refractivity contribution in [3.63, 3.8) is 0 Å². The SMILES string of the molecule is Nc1ccc2nc(NC3COc4ccccc43)[nH]c2c1. The Kier molecular flexibility index (Phi) is 2.32. The molecule has 1 atom stereocenters. The smallest absolute Gasteiger partial charge is 0.201 e. The van der Waals surface area contributed by atoms with Crippen molar-refractivity contribution in [2.24, 2.45) is 0 Å². The fourth-order valence-corrected chi connectivity index (χ4v) is 2.54. The van der Waals surface area contributed by atoms with E-state index in [0.717, 1.165) is 34.0 Å². The van der Waals surface area contributed by atoms with Crippen molar-refractivity contribution in [2.75, 3.05) is 17.7 Å². The zero-order valence-electron chi connectivity index (χ0n) is 10.8. The van der Waals surface area contributed by atoms with Gasteiger partial charge in [-0.1, -0.05) is 18.2 Å². The summed E-state index contributed by atoms with van der Waals surface area (Å²) in [6.45, 7) is 0.610. The van der Waals surface area contributed by atoms with Crippen LogP contribution in [0, 0.1) is 0 Å². The Morgan fingerprint density at radius 2 is 2.15 bits per heavy atom. The summed E-state index contributed by atoms with van der Waals surface area (Å²) in [6.07, 6.45) is 0. The number of aromatic amines is 1. The van der Waals surface area contributed by atoms with E-state index in [0.29, 0.717) is 6.61 Å². The average Bonchev–Trinajstić information content (AvgIpc) is 3.03. The quantitative estimate of drug-likeness (QED) is 0.623. The van der Waals surface area contributed by atoms with Crippen molar-refractivity contribution in [3.05, 3.63) is 48.0 Å². The summed E-state index contributed by atoms with van der Waals surface area (Å²) in [4.78, 5) is 7.75. The fraction of sp³-hybridized carbons (Fsp3) is 0.133. The van der Waals surface area contributed by atoms with E-state index in [2.05, 4.69) is 21.4 Å². The van der Waals surface area contributed by atoms with Gasteiger partial charge in [-0.2, -0.15) is 0 Å². The van der Waals surface area contributed by atoms with E-state index in [9.17, 15) is 0 Å². The molecule has 0 radical (unpaired) electrons. The van der Waals surface area contributed by atoms with Gasteiger partial charge in [0, 0.05) is 11.3 Å². The fourth-order valence-electron chi connectivity index (χ4n) is 2.54. The second kappa shape index (κ2) is 4.16. The van der Waals surface area contributed by atoms with Crippen molar-refractivity contribution in [2.45, 2.75) is 6.04 Å². The maximum absolute atomic E-state index is 5.77. The highest BCUT2D eigenvalue weighted by molar-refractivity contribution is 5.80. The van der Waals surface area contributed by atoms with E-state index in [1.807, 2.05) is 36.4 Å². The van der Waals surface area contributed by atoms with Gasteiger partial charge in [-0.15, -0.1) is 0 Å². The number of nitrogens with two attached hydrogens (primary N) is 1. The molecule has 0 fully saturated rings. The highest BCUT2D eigenvalue weighted by atomic mass is 16.5. The van der Waals surface area contributed by atoms with Gasteiger partial charge in [0.05, 0.1) is 17.1 Å². The van der Waals surface area contributed by atoms with Crippen LogP contribution in [-0.4, -0.2) is 16.6 Å². The standard InChI is InChI=1S/C15H14N4O/c16-9-5-6-11-12(7-9)18-15(17-11)19-13-8-20-14-4-2-1-3-10(13)14/h1-7,13H,8,16H2,(H2,17,18,19). The Balaban J connectivity index is 1.65. The van der Waals surface area contributed by atoms with Gasteiger partial charge < -0.3 is 20.8 Å². The number of nitrogens with one attached hydrogen (secondary N) is 2. The number of hydrogen-bond acceptors (Lipinski definition) is 4.